The SMILES string of the molecule is Cc1cccnc1CC(C)N(C)C(=O)NCc1ccc2c(c1)CCCO2. The van der Waals surface area contributed by atoms with Crippen LogP contribution in [0.3, 0.4) is 0 Å². The molecule has 5 nitrogen and oxygen atoms in total. The summed E-state index contributed by atoms with van der Waals surface area (Å²) in [6.45, 7) is 5.41. The van der Waals surface area contributed by atoms with Gasteiger partial charge in [-0.25, -0.2) is 4.79 Å². The monoisotopic (exact) mass is 353 g/mol. The minimum Gasteiger partial charge on any atom is -0.493 e. The summed E-state index contributed by atoms with van der Waals surface area (Å²) >= 11 is 0. The van der Waals surface area contributed by atoms with Gasteiger partial charge in [-0.2, -0.15) is 0 Å². The number of benzene rings is 1. The van der Waals surface area contributed by atoms with E-state index in [2.05, 4.69) is 29.4 Å². The molecule has 2 heterocycles. The second kappa shape index (κ2) is 8.21. The van der Waals surface area contributed by atoms with Crippen molar-refractivity contribution in [1.29, 1.82) is 0 Å². The summed E-state index contributed by atoms with van der Waals surface area (Å²) in [6, 6.07) is 10.1. The molecule has 2 amide bonds. The van der Waals surface area contributed by atoms with Crippen LogP contribution in [0.1, 0.15) is 35.7 Å². The van der Waals surface area contributed by atoms with Crippen LogP contribution in [0.5, 0.6) is 5.75 Å². The first-order valence-corrected chi connectivity index (χ1v) is 9.20. The van der Waals surface area contributed by atoms with Crippen molar-refractivity contribution in [2.45, 2.75) is 45.7 Å². The van der Waals surface area contributed by atoms with E-state index < -0.39 is 0 Å². The molecule has 1 atom stereocenters. The van der Waals surface area contributed by atoms with Gasteiger partial charge in [0.05, 0.1) is 6.61 Å². The van der Waals surface area contributed by atoms with Gasteiger partial charge in [0.25, 0.3) is 0 Å². The molecule has 1 N–H and O–H groups in total. The first kappa shape index (κ1) is 18.2. The summed E-state index contributed by atoms with van der Waals surface area (Å²) in [4.78, 5) is 18.7. The van der Waals surface area contributed by atoms with E-state index in [0.717, 1.165) is 48.4 Å². The van der Waals surface area contributed by atoms with Crippen LogP contribution in [0.25, 0.3) is 0 Å². The first-order chi connectivity index (χ1) is 12.5. The molecule has 1 aliphatic heterocycles. The molecule has 1 unspecified atom stereocenters. The van der Waals surface area contributed by atoms with Crippen LogP contribution >= 0.6 is 0 Å². The molecule has 1 aromatic carbocycles. The molecule has 0 aliphatic carbocycles. The van der Waals surface area contributed by atoms with Gasteiger partial charge in [-0.3, -0.25) is 4.98 Å². The number of carbonyl (C=O) groups is 1. The fourth-order valence-electron chi connectivity index (χ4n) is 3.18. The van der Waals surface area contributed by atoms with Crippen molar-refractivity contribution in [2.75, 3.05) is 13.7 Å². The highest BCUT2D eigenvalue weighted by Crippen LogP contribution is 2.25. The summed E-state index contributed by atoms with van der Waals surface area (Å²) in [6.07, 6.45) is 4.63. The summed E-state index contributed by atoms with van der Waals surface area (Å²) in [5, 5.41) is 3.01. The number of amides is 2. The van der Waals surface area contributed by atoms with Gasteiger partial charge in [-0.1, -0.05) is 18.2 Å². The van der Waals surface area contributed by atoms with Gasteiger partial charge in [0.1, 0.15) is 5.75 Å². The lowest BCUT2D eigenvalue weighted by Crippen LogP contribution is -2.43. The maximum atomic E-state index is 12.5. The Balaban J connectivity index is 1.55. The zero-order valence-electron chi connectivity index (χ0n) is 15.8. The summed E-state index contributed by atoms with van der Waals surface area (Å²) in [5.74, 6) is 0.975. The molecule has 0 fully saturated rings. The largest absolute Gasteiger partial charge is 0.493 e. The number of aromatic nitrogens is 1. The normalized spacial score (nSPS) is 14.1. The van der Waals surface area contributed by atoms with Gasteiger partial charge < -0.3 is 15.0 Å². The Morgan fingerprint density at radius 1 is 1.38 bits per heavy atom. The van der Waals surface area contributed by atoms with Crippen LogP contribution < -0.4 is 10.1 Å². The van der Waals surface area contributed by atoms with E-state index >= 15 is 0 Å². The maximum absolute atomic E-state index is 12.5. The predicted octanol–water partition coefficient (Wildman–Crippen LogP) is 3.49. The van der Waals surface area contributed by atoms with Crippen LogP contribution in [-0.2, 0) is 19.4 Å². The number of rotatable bonds is 5. The Kier molecular flexibility index (Phi) is 5.76. The quantitative estimate of drug-likeness (QED) is 0.895. The fourth-order valence-corrected chi connectivity index (χ4v) is 3.18. The number of nitrogens with zero attached hydrogens (tertiary/aromatic N) is 2. The molecule has 0 spiro atoms. The number of hydrogen-bond acceptors (Lipinski definition) is 3. The number of urea groups is 1. The van der Waals surface area contributed by atoms with Crippen molar-refractivity contribution in [3.05, 3.63) is 58.9 Å². The van der Waals surface area contributed by atoms with Gasteiger partial charge in [-0.15, -0.1) is 0 Å². The molecule has 1 aliphatic rings. The van der Waals surface area contributed by atoms with Crippen LogP contribution in [0, 0.1) is 6.92 Å². The number of likely N-dealkylation sites (N-methyl/N-ethyl adjacent to an activating group) is 1. The standard InChI is InChI=1S/C21H27N3O2/c1-15-6-4-10-22-19(15)12-16(2)24(3)21(25)23-14-17-8-9-20-18(13-17)7-5-11-26-20/h4,6,8-10,13,16H,5,7,11-12,14H2,1-3H3,(H,23,25). The minimum absolute atomic E-state index is 0.0694. The van der Waals surface area contributed by atoms with Gasteiger partial charge in [0.2, 0.25) is 0 Å². The number of aryl methyl sites for hydroxylation is 2. The summed E-state index contributed by atoms with van der Waals surface area (Å²) < 4.78 is 5.64. The number of hydrogen-bond donors (Lipinski definition) is 1. The van der Waals surface area contributed by atoms with Gasteiger partial charge in [0.15, 0.2) is 0 Å². The van der Waals surface area contributed by atoms with Crippen molar-refractivity contribution in [3.8, 4) is 5.75 Å². The predicted molar refractivity (Wildman–Crippen MR) is 102 cm³/mol. The maximum Gasteiger partial charge on any atom is 0.317 e. The molecule has 26 heavy (non-hydrogen) atoms. The van der Waals surface area contributed by atoms with Crippen molar-refractivity contribution < 1.29 is 9.53 Å². The minimum atomic E-state index is -0.0694. The van der Waals surface area contributed by atoms with Crippen LogP contribution in [0.4, 0.5) is 4.79 Å². The van der Waals surface area contributed by atoms with Crippen molar-refractivity contribution in [2.24, 2.45) is 0 Å². The van der Waals surface area contributed by atoms with Crippen molar-refractivity contribution >= 4 is 6.03 Å². The van der Waals surface area contributed by atoms with E-state index in [1.807, 2.05) is 32.2 Å². The van der Waals surface area contributed by atoms with E-state index in [1.54, 1.807) is 11.1 Å². The summed E-state index contributed by atoms with van der Waals surface area (Å²) in [5.41, 5.74) is 4.53. The van der Waals surface area contributed by atoms with E-state index in [1.165, 1.54) is 5.56 Å². The Bertz CT molecular complexity index is 776. The van der Waals surface area contributed by atoms with Crippen LogP contribution in [0.2, 0.25) is 0 Å². The second-order valence-corrected chi connectivity index (χ2v) is 6.98. The second-order valence-electron chi connectivity index (χ2n) is 6.98. The molecule has 5 heteroatoms. The molecule has 3 rings (SSSR count). The number of fused-ring (bicyclic) bond motifs is 1. The average molecular weight is 353 g/mol. The van der Waals surface area contributed by atoms with E-state index in [9.17, 15) is 4.79 Å². The number of nitrogens with one attached hydrogen (secondary N) is 1. The average Bonchev–Trinajstić information content (AvgIpc) is 2.67. The third-order valence-electron chi connectivity index (χ3n) is 5.00. The number of carbonyl (C=O) groups excluding carboxylic acids is 1. The molecular formula is C21H27N3O2. The van der Waals surface area contributed by atoms with E-state index in [0.29, 0.717) is 6.54 Å². The van der Waals surface area contributed by atoms with Crippen molar-refractivity contribution in [3.63, 3.8) is 0 Å². The van der Waals surface area contributed by atoms with Crippen molar-refractivity contribution in [1.82, 2.24) is 15.2 Å². The molecule has 0 saturated carbocycles. The van der Waals surface area contributed by atoms with Crippen LogP contribution in [-0.4, -0.2) is 35.6 Å². The van der Waals surface area contributed by atoms with Gasteiger partial charge in [-0.05, 0) is 55.5 Å². The Hall–Kier alpha value is -2.56. The van der Waals surface area contributed by atoms with Gasteiger partial charge >= 0.3 is 6.03 Å². The number of pyridine rings is 1. The Labute approximate surface area is 155 Å². The molecule has 1 aromatic heterocycles. The summed E-state index contributed by atoms with van der Waals surface area (Å²) in [7, 11) is 1.83. The number of ether oxygens (including phenoxy) is 1. The van der Waals surface area contributed by atoms with E-state index in [-0.39, 0.29) is 12.1 Å². The molecule has 0 saturated heterocycles. The molecule has 0 bridgehead atoms. The topological polar surface area (TPSA) is 54.5 Å². The smallest absolute Gasteiger partial charge is 0.317 e. The lowest BCUT2D eigenvalue weighted by Gasteiger charge is -2.25. The third kappa shape index (κ3) is 4.34. The van der Waals surface area contributed by atoms with Crippen LogP contribution in [0.15, 0.2) is 36.5 Å². The van der Waals surface area contributed by atoms with Gasteiger partial charge in [0, 0.05) is 37.9 Å². The molecular weight excluding hydrogens is 326 g/mol. The highest BCUT2D eigenvalue weighted by molar-refractivity contribution is 5.74. The third-order valence-corrected chi connectivity index (χ3v) is 5.00. The molecule has 138 valence electrons. The highest BCUT2D eigenvalue weighted by atomic mass is 16.5. The highest BCUT2D eigenvalue weighted by Gasteiger charge is 2.17. The first-order valence-electron chi connectivity index (χ1n) is 9.20. The lowest BCUT2D eigenvalue weighted by molar-refractivity contribution is 0.193. The van der Waals surface area contributed by atoms with E-state index in [4.69, 9.17) is 4.74 Å². The zero-order chi connectivity index (χ0) is 18.5. The zero-order valence-corrected chi connectivity index (χ0v) is 15.8. The Morgan fingerprint density at radius 3 is 3.04 bits per heavy atom. The lowest BCUT2D eigenvalue weighted by atomic mass is 10.0. The fraction of sp³-hybridized carbons (Fsp3) is 0.429. The molecule has 0 radical (unpaired) electrons. The Morgan fingerprint density at radius 2 is 2.23 bits per heavy atom. The molecule has 2 aromatic rings.